The van der Waals surface area contributed by atoms with Crippen LogP contribution in [0, 0.1) is 0 Å². The van der Waals surface area contributed by atoms with Crippen LogP contribution in [0.25, 0.3) is 0 Å². The molecule has 0 radical (unpaired) electrons. The maximum absolute atomic E-state index is 12.2. The van der Waals surface area contributed by atoms with Crippen LogP contribution in [-0.2, 0) is 11.2 Å². The first-order chi connectivity index (χ1) is 25.0. The number of carbonyl (C=O) groups is 2. The SMILES string of the molecule is Cl.Cl.Cl.Cl.Nc1ccccc1C(=O)NCCN1CCC(O)(c2ccc(Cl)cc2)CC1.Nc1ccccc1C(=O)NCCN1CCC(O)(c2ccc(Cl)cc2)CC1.O. The molecule has 0 aliphatic carbocycles. The topological polar surface area (TPSA) is 189 Å². The summed E-state index contributed by atoms with van der Waals surface area (Å²) in [4.78, 5) is 28.8. The molecule has 0 spiro atoms. The van der Waals surface area contributed by atoms with Gasteiger partial charge in [-0.3, -0.25) is 9.59 Å². The van der Waals surface area contributed by atoms with Crippen LogP contribution in [0.4, 0.5) is 11.4 Å². The molecule has 0 saturated carbocycles. The van der Waals surface area contributed by atoms with Gasteiger partial charge in [-0.2, -0.15) is 0 Å². The molecule has 4 aromatic carbocycles. The number of para-hydroxylation sites is 2. The van der Waals surface area contributed by atoms with E-state index in [1.165, 1.54) is 0 Å². The van der Waals surface area contributed by atoms with E-state index in [1.807, 2.05) is 60.7 Å². The number of piperidine rings is 2. The molecule has 17 heteroatoms. The number of hydrogen-bond acceptors (Lipinski definition) is 8. The van der Waals surface area contributed by atoms with Gasteiger partial charge in [0.2, 0.25) is 0 Å². The van der Waals surface area contributed by atoms with E-state index in [0.717, 1.165) is 50.4 Å². The number of aliphatic hydroxyl groups is 2. The molecule has 0 bridgehead atoms. The van der Waals surface area contributed by atoms with Crippen molar-refractivity contribution in [2.45, 2.75) is 36.9 Å². The van der Waals surface area contributed by atoms with Crippen molar-refractivity contribution in [3.05, 3.63) is 129 Å². The molecule has 2 saturated heterocycles. The van der Waals surface area contributed by atoms with Crippen molar-refractivity contribution in [2.24, 2.45) is 0 Å². The standard InChI is InChI=1S/2C20H24ClN3O2.4ClH.H2O/c2*21-16-7-5-15(6-8-16)20(26)9-12-24(13-10-20)14-11-23-19(25)17-3-1-2-4-18(17)22;;;;;/h2*1-8,26H,9-14,22H2,(H,23,25);4*1H;1H2. The number of carbonyl (C=O) groups excluding carboxylic acids is 2. The first kappa shape index (κ1) is 54.0. The van der Waals surface area contributed by atoms with Crippen LogP contribution in [0.2, 0.25) is 10.0 Å². The smallest absolute Gasteiger partial charge is 0.253 e. The summed E-state index contributed by atoms with van der Waals surface area (Å²) in [6.07, 6.45) is 2.64. The summed E-state index contributed by atoms with van der Waals surface area (Å²) in [6.45, 7) is 5.71. The van der Waals surface area contributed by atoms with Gasteiger partial charge < -0.3 is 47.6 Å². The van der Waals surface area contributed by atoms with Gasteiger partial charge in [0.05, 0.1) is 22.3 Å². The Kier molecular flexibility index (Phi) is 24.1. The van der Waals surface area contributed by atoms with E-state index in [1.54, 1.807) is 36.4 Å². The van der Waals surface area contributed by atoms with Gasteiger partial charge in [-0.1, -0.05) is 71.7 Å². The average molecular weight is 912 g/mol. The number of rotatable bonds is 10. The molecule has 2 aliphatic rings. The highest BCUT2D eigenvalue weighted by Crippen LogP contribution is 2.34. The van der Waals surface area contributed by atoms with Crippen molar-refractivity contribution >= 4 is 96.0 Å². The van der Waals surface area contributed by atoms with E-state index < -0.39 is 11.2 Å². The molecule has 2 fully saturated rings. The quantitative estimate of drug-likeness (QED) is 0.103. The van der Waals surface area contributed by atoms with Crippen molar-refractivity contribution in [1.82, 2.24) is 20.4 Å². The highest BCUT2D eigenvalue weighted by Gasteiger charge is 2.35. The van der Waals surface area contributed by atoms with Crippen LogP contribution in [-0.4, -0.2) is 89.7 Å². The molecule has 11 nitrogen and oxygen atoms in total. The maximum atomic E-state index is 12.2. The number of hydrogen-bond donors (Lipinski definition) is 6. The Morgan fingerprint density at radius 2 is 0.860 bits per heavy atom. The van der Waals surface area contributed by atoms with Gasteiger partial charge in [0, 0.05) is 73.8 Å². The molecule has 2 heterocycles. The fourth-order valence-corrected chi connectivity index (χ4v) is 6.90. The van der Waals surface area contributed by atoms with Crippen molar-refractivity contribution < 1.29 is 25.3 Å². The zero-order valence-corrected chi connectivity index (χ0v) is 36.1. The van der Waals surface area contributed by atoms with Crippen molar-refractivity contribution in [3.8, 4) is 0 Å². The van der Waals surface area contributed by atoms with Gasteiger partial charge in [0.25, 0.3) is 11.8 Å². The third-order valence-electron chi connectivity index (χ3n) is 9.97. The number of halogens is 6. The summed E-state index contributed by atoms with van der Waals surface area (Å²) < 4.78 is 0. The van der Waals surface area contributed by atoms with Gasteiger partial charge in [-0.25, -0.2) is 0 Å². The van der Waals surface area contributed by atoms with Crippen molar-refractivity contribution in [3.63, 3.8) is 0 Å². The highest BCUT2D eigenvalue weighted by atomic mass is 35.5. The summed E-state index contributed by atoms with van der Waals surface area (Å²) in [5.74, 6) is -0.310. The fourth-order valence-electron chi connectivity index (χ4n) is 6.64. The first-order valence-electron chi connectivity index (χ1n) is 17.6. The third kappa shape index (κ3) is 15.3. The number of nitrogens with zero attached hydrogens (tertiary/aromatic N) is 2. The van der Waals surface area contributed by atoms with E-state index in [2.05, 4.69) is 20.4 Å². The number of nitrogens with one attached hydrogen (secondary N) is 2. The first-order valence-corrected chi connectivity index (χ1v) is 18.4. The van der Waals surface area contributed by atoms with E-state index >= 15 is 0 Å². The van der Waals surface area contributed by atoms with Gasteiger partial charge in [0.15, 0.2) is 0 Å². The Bertz CT molecular complexity index is 1660. The minimum Gasteiger partial charge on any atom is -0.412 e. The molecular formula is C40H54Cl6N6O5. The molecule has 10 N–H and O–H groups in total. The molecule has 4 aromatic rings. The Hall–Kier alpha value is -3.04. The summed E-state index contributed by atoms with van der Waals surface area (Å²) in [7, 11) is 0. The van der Waals surface area contributed by atoms with Crippen LogP contribution in [0.1, 0.15) is 57.5 Å². The lowest BCUT2D eigenvalue weighted by molar-refractivity contribution is -0.0257. The average Bonchev–Trinajstić information content (AvgIpc) is 3.14. The van der Waals surface area contributed by atoms with E-state index in [9.17, 15) is 19.8 Å². The maximum Gasteiger partial charge on any atom is 0.253 e. The predicted molar refractivity (Wildman–Crippen MR) is 241 cm³/mol. The highest BCUT2D eigenvalue weighted by molar-refractivity contribution is 6.30. The zero-order valence-electron chi connectivity index (χ0n) is 31.4. The lowest BCUT2D eigenvalue weighted by Crippen LogP contribution is -2.45. The summed E-state index contributed by atoms with van der Waals surface area (Å²) >= 11 is 11.8. The normalized spacial score (nSPS) is 15.5. The molecule has 0 unspecified atom stereocenters. The molecule has 0 atom stereocenters. The van der Waals surface area contributed by atoms with E-state index in [4.69, 9.17) is 34.7 Å². The number of nitrogen functional groups attached to an aromatic ring is 2. The molecule has 6 rings (SSSR count). The second-order valence-corrected chi connectivity index (χ2v) is 14.3. The third-order valence-corrected chi connectivity index (χ3v) is 10.5. The number of anilines is 2. The fraction of sp³-hybridized carbons (Fsp3) is 0.350. The monoisotopic (exact) mass is 908 g/mol. The zero-order chi connectivity index (χ0) is 37.1. The van der Waals surface area contributed by atoms with Gasteiger partial charge in [0.1, 0.15) is 0 Å². The van der Waals surface area contributed by atoms with Crippen molar-refractivity contribution in [2.75, 3.05) is 63.8 Å². The molecule has 316 valence electrons. The van der Waals surface area contributed by atoms with Gasteiger partial charge in [-0.15, -0.1) is 49.6 Å². The number of likely N-dealkylation sites (tertiary alicyclic amines) is 2. The van der Waals surface area contributed by atoms with E-state index in [0.29, 0.717) is 71.3 Å². The summed E-state index contributed by atoms with van der Waals surface area (Å²) in [5, 5.41) is 28.9. The Labute approximate surface area is 369 Å². The molecule has 2 amide bonds. The molecule has 2 aliphatic heterocycles. The minimum absolute atomic E-state index is 0. The number of benzene rings is 4. The minimum atomic E-state index is -0.803. The lowest BCUT2D eigenvalue weighted by Gasteiger charge is -2.38. The Morgan fingerprint density at radius 1 is 0.561 bits per heavy atom. The lowest BCUT2D eigenvalue weighted by atomic mass is 9.84. The Morgan fingerprint density at radius 3 is 1.16 bits per heavy atom. The van der Waals surface area contributed by atoms with E-state index in [-0.39, 0.29) is 66.9 Å². The van der Waals surface area contributed by atoms with Crippen LogP contribution in [0.3, 0.4) is 0 Å². The van der Waals surface area contributed by atoms with Crippen LogP contribution in [0.5, 0.6) is 0 Å². The van der Waals surface area contributed by atoms with Gasteiger partial charge in [-0.05, 0) is 85.3 Å². The molecule has 57 heavy (non-hydrogen) atoms. The van der Waals surface area contributed by atoms with Crippen LogP contribution >= 0.6 is 72.8 Å². The largest absolute Gasteiger partial charge is 0.412 e. The van der Waals surface area contributed by atoms with Crippen molar-refractivity contribution in [1.29, 1.82) is 0 Å². The van der Waals surface area contributed by atoms with Crippen LogP contribution < -0.4 is 22.1 Å². The van der Waals surface area contributed by atoms with Gasteiger partial charge >= 0.3 is 0 Å². The summed E-state index contributed by atoms with van der Waals surface area (Å²) in [6, 6.07) is 28.9. The summed E-state index contributed by atoms with van der Waals surface area (Å²) in [5.41, 5.74) is 13.8. The Balaban J connectivity index is 0.00000101. The van der Waals surface area contributed by atoms with Crippen LogP contribution in [0.15, 0.2) is 97.1 Å². The molecular weight excluding hydrogens is 857 g/mol. The second kappa shape index (κ2) is 25.4. The predicted octanol–water partition coefficient (Wildman–Crippen LogP) is 6.13. The molecule has 0 aromatic heterocycles. The second-order valence-electron chi connectivity index (χ2n) is 13.4. The number of amides is 2. The number of nitrogens with two attached hydrogens (primary N) is 2.